The van der Waals surface area contributed by atoms with E-state index in [4.69, 9.17) is 11.6 Å². The minimum atomic E-state index is 0.0289. The quantitative estimate of drug-likeness (QED) is 0.920. The van der Waals surface area contributed by atoms with Crippen LogP contribution in [0.2, 0.25) is 5.02 Å². The normalized spacial score (nSPS) is 18.6. The number of nitrogens with one attached hydrogen (secondary N) is 1. The number of rotatable bonds is 4. The minimum absolute atomic E-state index is 0.0289. The van der Waals surface area contributed by atoms with Gasteiger partial charge < -0.3 is 10.2 Å². The lowest BCUT2D eigenvalue weighted by Crippen LogP contribution is -2.41. The Balaban J connectivity index is 2.10. The molecule has 1 aliphatic rings. The molecule has 0 saturated carbocycles. The van der Waals surface area contributed by atoms with E-state index in [2.05, 4.69) is 5.32 Å². The fourth-order valence-corrected chi connectivity index (χ4v) is 2.81. The number of likely N-dealkylation sites (N-methyl/N-ethyl adjacent to an activating group) is 1. The maximum absolute atomic E-state index is 12.5. The topological polar surface area (TPSA) is 32.3 Å². The number of benzene rings is 1. The molecular formula is C15H21ClN2O. The monoisotopic (exact) mass is 280 g/mol. The Morgan fingerprint density at radius 1 is 1.53 bits per heavy atom. The lowest BCUT2D eigenvalue weighted by Gasteiger charge is -2.25. The molecule has 1 aliphatic heterocycles. The summed E-state index contributed by atoms with van der Waals surface area (Å²) in [6.07, 6.45) is 2.34. The highest BCUT2D eigenvalue weighted by Crippen LogP contribution is 2.20. The van der Waals surface area contributed by atoms with Crippen molar-refractivity contribution in [2.45, 2.75) is 32.7 Å². The van der Waals surface area contributed by atoms with E-state index in [0.717, 1.165) is 25.1 Å². The van der Waals surface area contributed by atoms with Gasteiger partial charge in [0.15, 0.2) is 0 Å². The van der Waals surface area contributed by atoms with Crippen molar-refractivity contribution >= 4 is 17.5 Å². The largest absolute Gasteiger partial charge is 0.337 e. The highest BCUT2D eigenvalue weighted by atomic mass is 35.5. The number of hydrogen-bond donors (Lipinski definition) is 1. The zero-order valence-electron chi connectivity index (χ0n) is 11.6. The molecule has 0 aliphatic carbocycles. The molecule has 1 aromatic carbocycles. The number of aryl methyl sites for hydroxylation is 1. The minimum Gasteiger partial charge on any atom is -0.337 e. The third kappa shape index (κ3) is 3.48. The molecule has 0 bridgehead atoms. The third-order valence-corrected chi connectivity index (χ3v) is 3.94. The Kier molecular flexibility index (Phi) is 4.83. The van der Waals surface area contributed by atoms with E-state index in [0.29, 0.717) is 23.2 Å². The fourth-order valence-electron chi connectivity index (χ4n) is 2.50. The summed E-state index contributed by atoms with van der Waals surface area (Å²) in [7, 11) is 0. The Morgan fingerprint density at radius 2 is 2.32 bits per heavy atom. The van der Waals surface area contributed by atoms with Crippen LogP contribution in [-0.2, 0) is 0 Å². The molecule has 1 saturated heterocycles. The molecule has 2 rings (SSSR count). The smallest absolute Gasteiger partial charge is 0.255 e. The molecule has 1 N–H and O–H groups in total. The zero-order chi connectivity index (χ0) is 13.8. The van der Waals surface area contributed by atoms with Crippen LogP contribution >= 0.6 is 11.6 Å². The average molecular weight is 281 g/mol. The molecule has 0 aromatic heterocycles. The van der Waals surface area contributed by atoms with Crippen molar-refractivity contribution in [3.63, 3.8) is 0 Å². The first-order valence-electron chi connectivity index (χ1n) is 6.90. The molecule has 0 spiro atoms. The third-order valence-electron chi connectivity index (χ3n) is 3.63. The van der Waals surface area contributed by atoms with Gasteiger partial charge in [-0.15, -0.1) is 0 Å². The summed E-state index contributed by atoms with van der Waals surface area (Å²) in [5, 5.41) is 3.97. The predicted octanol–water partition coefficient (Wildman–Crippen LogP) is 2.86. The van der Waals surface area contributed by atoms with E-state index in [-0.39, 0.29) is 5.91 Å². The zero-order valence-corrected chi connectivity index (χ0v) is 12.3. The first-order chi connectivity index (χ1) is 9.11. The second kappa shape index (κ2) is 6.40. The van der Waals surface area contributed by atoms with Crippen LogP contribution in [0.4, 0.5) is 0 Å². The Morgan fingerprint density at radius 3 is 2.89 bits per heavy atom. The van der Waals surface area contributed by atoms with Gasteiger partial charge in [0.25, 0.3) is 5.91 Å². The Hall–Kier alpha value is -1.06. The highest BCUT2D eigenvalue weighted by molar-refractivity contribution is 6.33. The average Bonchev–Trinajstić information content (AvgIpc) is 2.88. The Labute approximate surface area is 119 Å². The van der Waals surface area contributed by atoms with Crippen LogP contribution in [0, 0.1) is 6.92 Å². The molecule has 1 aromatic rings. The summed E-state index contributed by atoms with van der Waals surface area (Å²) in [4.78, 5) is 14.4. The van der Waals surface area contributed by atoms with Gasteiger partial charge in [-0.2, -0.15) is 0 Å². The van der Waals surface area contributed by atoms with E-state index < -0.39 is 0 Å². The van der Waals surface area contributed by atoms with Gasteiger partial charge >= 0.3 is 0 Å². The van der Waals surface area contributed by atoms with E-state index >= 15 is 0 Å². The van der Waals surface area contributed by atoms with Crippen molar-refractivity contribution in [3.8, 4) is 0 Å². The Bertz CT molecular complexity index is 455. The first-order valence-corrected chi connectivity index (χ1v) is 7.28. The van der Waals surface area contributed by atoms with Crippen LogP contribution in [0.5, 0.6) is 0 Å². The van der Waals surface area contributed by atoms with Gasteiger partial charge in [0, 0.05) is 19.1 Å². The van der Waals surface area contributed by atoms with E-state index in [9.17, 15) is 4.79 Å². The van der Waals surface area contributed by atoms with Crippen molar-refractivity contribution in [3.05, 3.63) is 34.3 Å². The molecule has 1 heterocycles. The van der Waals surface area contributed by atoms with Gasteiger partial charge in [-0.3, -0.25) is 4.79 Å². The van der Waals surface area contributed by atoms with Crippen molar-refractivity contribution in [2.75, 3.05) is 19.6 Å². The van der Waals surface area contributed by atoms with Gasteiger partial charge in [0.2, 0.25) is 0 Å². The van der Waals surface area contributed by atoms with Crippen molar-refractivity contribution < 1.29 is 4.79 Å². The summed E-state index contributed by atoms with van der Waals surface area (Å²) in [5.74, 6) is 0.0289. The van der Waals surface area contributed by atoms with Gasteiger partial charge in [0.1, 0.15) is 0 Å². The SMILES string of the molecule is CCN(CC1CCCN1)C(=O)c1ccc(C)cc1Cl. The molecule has 4 heteroatoms. The molecular weight excluding hydrogens is 260 g/mol. The lowest BCUT2D eigenvalue weighted by atomic mass is 10.1. The lowest BCUT2D eigenvalue weighted by molar-refractivity contribution is 0.0751. The number of nitrogens with zero attached hydrogens (tertiary/aromatic N) is 1. The van der Waals surface area contributed by atoms with E-state index in [1.165, 1.54) is 6.42 Å². The van der Waals surface area contributed by atoms with Crippen LogP contribution in [0.3, 0.4) is 0 Å². The first kappa shape index (κ1) is 14.4. The molecule has 0 radical (unpaired) electrons. The molecule has 1 fully saturated rings. The fraction of sp³-hybridized carbons (Fsp3) is 0.533. The second-order valence-corrected chi connectivity index (χ2v) is 5.53. The number of carbonyl (C=O) groups is 1. The van der Waals surface area contributed by atoms with Crippen molar-refractivity contribution in [1.29, 1.82) is 0 Å². The standard InChI is InChI=1S/C15H21ClN2O/c1-3-18(10-12-5-4-8-17-12)15(19)13-7-6-11(2)9-14(13)16/h6-7,9,12,17H,3-5,8,10H2,1-2H3. The number of halogens is 1. The van der Waals surface area contributed by atoms with Crippen LogP contribution in [0.25, 0.3) is 0 Å². The predicted molar refractivity (Wildman–Crippen MR) is 78.8 cm³/mol. The maximum atomic E-state index is 12.5. The van der Waals surface area contributed by atoms with Gasteiger partial charge in [-0.25, -0.2) is 0 Å². The van der Waals surface area contributed by atoms with Gasteiger partial charge in [-0.1, -0.05) is 17.7 Å². The molecule has 1 amide bonds. The summed E-state index contributed by atoms with van der Waals surface area (Å²) < 4.78 is 0. The van der Waals surface area contributed by atoms with Crippen molar-refractivity contribution in [1.82, 2.24) is 10.2 Å². The summed E-state index contributed by atoms with van der Waals surface area (Å²) in [5.41, 5.74) is 1.68. The molecule has 3 nitrogen and oxygen atoms in total. The molecule has 1 unspecified atom stereocenters. The summed E-state index contributed by atoms with van der Waals surface area (Å²) in [6.45, 7) is 6.51. The molecule has 104 valence electrons. The van der Waals surface area contributed by atoms with E-state index in [1.54, 1.807) is 0 Å². The summed E-state index contributed by atoms with van der Waals surface area (Å²) in [6, 6.07) is 6.02. The van der Waals surface area contributed by atoms with Gasteiger partial charge in [0.05, 0.1) is 10.6 Å². The molecule has 1 atom stereocenters. The van der Waals surface area contributed by atoms with Crippen LogP contribution in [-0.4, -0.2) is 36.5 Å². The molecule has 19 heavy (non-hydrogen) atoms. The van der Waals surface area contributed by atoms with Crippen LogP contribution in [0.1, 0.15) is 35.7 Å². The van der Waals surface area contributed by atoms with Crippen LogP contribution < -0.4 is 5.32 Å². The van der Waals surface area contributed by atoms with E-state index in [1.807, 2.05) is 36.9 Å². The summed E-state index contributed by atoms with van der Waals surface area (Å²) >= 11 is 6.18. The van der Waals surface area contributed by atoms with Crippen LogP contribution in [0.15, 0.2) is 18.2 Å². The number of hydrogen-bond acceptors (Lipinski definition) is 2. The maximum Gasteiger partial charge on any atom is 0.255 e. The van der Waals surface area contributed by atoms with Crippen molar-refractivity contribution in [2.24, 2.45) is 0 Å². The number of carbonyl (C=O) groups excluding carboxylic acids is 1. The van der Waals surface area contributed by atoms with Gasteiger partial charge in [-0.05, 0) is 50.9 Å². The second-order valence-electron chi connectivity index (χ2n) is 5.12. The highest BCUT2D eigenvalue weighted by Gasteiger charge is 2.22. The number of amides is 1.